The number of aromatic amines is 2. The number of para-hydroxylation sites is 1. The van der Waals surface area contributed by atoms with Gasteiger partial charge in [0.2, 0.25) is 0 Å². The number of rotatable bonds is 2. The van der Waals surface area contributed by atoms with Crippen LogP contribution in [0.15, 0.2) is 69.4 Å². The number of H-pyrrole nitrogens is 2. The number of halogens is 6. The first-order valence-corrected chi connectivity index (χ1v) is 8.89. The quantitative estimate of drug-likeness (QED) is 0.581. The SMILES string of the molecule is O=c1[nH]c(=O)n(-c2ccccc2)c2c1C(C(F)(F)F)(C(F)(F)F)N=C(c1cc[nH+]cc1)N2. The third-order valence-electron chi connectivity index (χ3n) is 4.82. The molecule has 3 aromatic rings. The van der Waals surface area contributed by atoms with Crippen LogP contribution in [0, 0.1) is 0 Å². The summed E-state index contributed by atoms with van der Waals surface area (Å²) in [6.07, 6.45) is -9.61. The van der Waals surface area contributed by atoms with Gasteiger partial charge in [-0.15, -0.1) is 0 Å². The van der Waals surface area contributed by atoms with Gasteiger partial charge in [-0.05, 0) is 12.1 Å². The fraction of sp³-hybridized carbons (Fsp3) is 0.158. The maximum Gasteiger partial charge on any atom is 0.427 e. The molecule has 0 radical (unpaired) electrons. The van der Waals surface area contributed by atoms with Crippen LogP contribution in [0.1, 0.15) is 11.1 Å². The van der Waals surface area contributed by atoms with Gasteiger partial charge in [0.1, 0.15) is 17.2 Å². The van der Waals surface area contributed by atoms with Gasteiger partial charge in [0.25, 0.3) is 11.1 Å². The lowest BCUT2D eigenvalue weighted by Gasteiger charge is -2.38. The number of aromatic nitrogens is 3. The van der Waals surface area contributed by atoms with Gasteiger partial charge in [0, 0.05) is 17.7 Å². The second-order valence-corrected chi connectivity index (χ2v) is 6.73. The lowest BCUT2D eigenvalue weighted by Crippen LogP contribution is -2.59. The molecule has 1 aliphatic rings. The van der Waals surface area contributed by atoms with Crippen LogP contribution in [0.25, 0.3) is 5.69 Å². The van der Waals surface area contributed by atoms with E-state index in [1.54, 1.807) is 4.98 Å². The molecule has 166 valence electrons. The van der Waals surface area contributed by atoms with Crippen LogP contribution in [0.2, 0.25) is 0 Å². The summed E-state index contributed by atoms with van der Waals surface area (Å²) in [5, 5.41) is 2.34. The number of benzene rings is 1. The molecule has 0 amide bonds. The number of hydrogen-bond acceptors (Lipinski definition) is 4. The molecule has 3 heterocycles. The predicted molar refractivity (Wildman–Crippen MR) is 99.6 cm³/mol. The second kappa shape index (κ2) is 7.07. The van der Waals surface area contributed by atoms with Crippen molar-refractivity contribution in [3.63, 3.8) is 0 Å². The van der Waals surface area contributed by atoms with Crippen LogP contribution < -0.4 is 21.5 Å². The first-order chi connectivity index (χ1) is 15.0. The lowest BCUT2D eigenvalue weighted by molar-refractivity contribution is -0.378. The molecule has 0 aliphatic carbocycles. The molecule has 0 unspecified atom stereocenters. The molecule has 32 heavy (non-hydrogen) atoms. The molecule has 0 fully saturated rings. The maximum atomic E-state index is 14.2. The van der Waals surface area contributed by atoms with Crippen molar-refractivity contribution in [3.8, 4) is 5.69 Å². The summed E-state index contributed by atoms with van der Waals surface area (Å²) in [5.74, 6) is -1.81. The molecule has 3 N–H and O–H groups in total. The molecule has 4 rings (SSSR count). The fourth-order valence-corrected chi connectivity index (χ4v) is 3.43. The number of nitrogens with one attached hydrogen (secondary N) is 3. The van der Waals surface area contributed by atoms with E-state index in [1.807, 2.05) is 0 Å². The number of aliphatic imine (C=N–C) groups is 1. The highest BCUT2D eigenvalue weighted by atomic mass is 19.4. The molecule has 0 bridgehead atoms. The van der Waals surface area contributed by atoms with Gasteiger partial charge in [-0.1, -0.05) is 18.2 Å². The largest absolute Gasteiger partial charge is 0.427 e. The van der Waals surface area contributed by atoms with E-state index < -0.39 is 46.4 Å². The summed E-state index contributed by atoms with van der Waals surface area (Å²) in [6, 6.07) is 9.32. The summed E-state index contributed by atoms with van der Waals surface area (Å²) >= 11 is 0. The van der Waals surface area contributed by atoms with Crippen molar-refractivity contribution >= 4 is 11.7 Å². The van der Waals surface area contributed by atoms with E-state index >= 15 is 0 Å². The Bertz CT molecular complexity index is 1300. The minimum absolute atomic E-state index is 0.0709. The zero-order valence-electron chi connectivity index (χ0n) is 15.7. The van der Waals surface area contributed by atoms with Crippen molar-refractivity contribution in [2.75, 3.05) is 5.32 Å². The van der Waals surface area contributed by atoms with Crippen LogP contribution in [0.3, 0.4) is 0 Å². The van der Waals surface area contributed by atoms with E-state index in [2.05, 4.69) is 15.3 Å². The third-order valence-corrected chi connectivity index (χ3v) is 4.82. The van der Waals surface area contributed by atoms with Crippen molar-refractivity contribution in [2.24, 2.45) is 4.99 Å². The Kier molecular flexibility index (Phi) is 4.71. The van der Waals surface area contributed by atoms with Gasteiger partial charge in [0.05, 0.1) is 5.69 Å². The molecule has 0 atom stereocenters. The first-order valence-electron chi connectivity index (χ1n) is 8.89. The Morgan fingerprint density at radius 3 is 2.06 bits per heavy atom. The van der Waals surface area contributed by atoms with E-state index in [0.29, 0.717) is 4.57 Å². The fourth-order valence-electron chi connectivity index (χ4n) is 3.43. The van der Waals surface area contributed by atoms with Crippen LogP contribution in [-0.4, -0.2) is 27.7 Å². The van der Waals surface area contributed by atoms with Gasteiger partial charge < -0.3 is 5.32 Å². The minimum atomic E-state index is -6.07. The topological polar surface area (TPSA) is 93.4 Å². The van der Waals surface area contributed by atoms with Crippen molar-refractivity contribution < 1.29 is 31.3 Å². The van der Waals surface area contributed by atoms with Crippen molar-refractivity contribution in [1.29, 1.82) is 0 Å². The normalized spacial score (nSPS) is 15.5. The highest BCUT2D eigenvalue weighted by molar-refractivity contribution is 6.09. The summed E-state index contributed by atoms with van der Waals surface area (Å²) in [6.45, 7) is 0. The number of amidine groups is 1. The van der Waals surface area contributed by atoms with E-state index in [9.17, 15) is 35.9 Å². The third kappa shape index (κ3) is 3.08. The molecule has 0 saturated heterocycles. The Morgan fingerprint density at radius 1 is 0.906 bits per heavy atom. The number of nitrogens with zero attached hydrogens (tertiary/aromatic N) is 2. The maximum absolute atomic E-state index is 14.2. The van der Waals surface area contributed by atoms with E-state index in [-0.39, 0.29) is 11.3 Å². The van der Waals surface area contributed by atoms with Gasteiger partial charge in [-0.2, -0.15) is 26.3 Å². The lowest BCUT2D eigenvalue weighted by atomic mass is 9.87. The van der Waals surface area contributed by atoms with Crippen molar-refractivity contribution in [2.45, 2.75) is 17.9 Å². The van der Waals surface area contributed by atoms with E-state index in [0.717, 1.165) is 0 Å². The average Bonchev–Trinajstić information content (AvgIpc) is 2.72. The van der Waals surface area contributed by atoms with Gasteiger partial charge in [-0.25, -0.2) is 19.3 Å². The number of anilines is 1. The number of fused-ring (bicyclic) bond motifs is 1. The van der Waals surface area contributed by atoms with Crippen molar-refractivity contribution in [3.05, 3.63) is 86.8 Å². The highest BCUT2D eigenvalue weighted by Gasteiger charge is 2.75. The molecule has 1 aromatic carbocycles. The van der Waals surface area contributed by atoms with Crippen LogP contribution in [-0.2, 0) is 5.54 Å². The van der Waals surface area contributed by atoms with E-state index in [4.69, 9.17) is 0 Å². The zero-order valence-corrected chi connectivity index (χ0v) is 15.7. The second-order valence-electron chi connectivity index (χ2n) is 6.73. The molecule has 0 saturated carbocycles. The predicted octanol–water partition coefficient (Wildman–Crippen LogP) is 2.53. The molecule has 1 aliphatic heterocycles. The molecular weight excluding hydrogens is 444 g/mol. The number of hydrogen-bond donors (Lipinski definition) is 2. The molecule has 0 spiro atoms. The zero-order chi connectivity index (χ0) is 23.3. The Hall–Kier alpha value is -3.90. The molecule has 2 aromatic heterocycles. The summed E-state index contributed by atoms with van der Waals surface area (Å²) in [7, 11) is 0. The summed E-state index contributed by atoms with van der Waals surface area (Å²) in [4.78, 5) is 32.1. The van der Waals surface area contributed by atoms with Crippen molar-refractivity contribution in [1.82, 2.24) is 9.55 Å². The van der Waals surface area contributed by atoms with Crippen LogP contribution in [0.4, 0.5) is 32.2 Å². The van der Waals surface area contributed by atoms with Gasteiger partial charge in [-0.3, -0.25) is 9.78 Å². The summed E-state index contributed by atoms with van der Waals surface area (Å²) in [5.41, 5.74) is -10.0. The van der Waals surface area contributed by atoms with Crippen LogP contribution >= 0.6 is 0 Å². The number of pyridine rings is 1. The van der Waals surface area contributed by atoms with Gasteiger partial charge >= 0.3 is 18.0 Å². The Balaban J connectivity index is 2.19. The Morgan fingerprint density at radius 2 is 1.50 bits per heavy atom. The first kappa shape index (κ1) is 21.3. The standard InChI is InChI=1S/C19H11F6N5O2/c20-18(21,22)17(19(23,24)25)12-14(27-13(29-17)10-6-8-26-9-7-10)30(16(32)28-15(12)31)11-4-2-1-3-5-11/h1-9H,(H,27,29)(H,28,31,32)/p+1. The highest BCUT2D eigenvalue weighted by Crippen LogP contribution is 2.55. The summed E-state index contributed by atoms with van der Waals surface area (Å²) < 4.78 is 85.6. The molecule has 13 heteroatoms. The van der Waals surface area contributed by atoms with E-state index in [1.165, 1.54) is 54.9 Å². The number of alkyl halides is 6. The Labute approximate surface area is 174 Å². The van der Waals surface area contributed by atoms with Crippen LogP contribution in [0.5, 0.6) is 0 Å². The minimum Gasteiger partial charge on any atom is -0.325 e. The van der Waals surface area contributed by atoms with Gasteiger partial charge in [0.15, 0.2) is 12.4 Å². The smallest absolute Gasteiger partial charge is 0.325 e. The monoisotopic (exact) mass is 456 g/mol. The molecular formula is C19H12F6N5O2+. The molecule has 7 nitrogen and oxygen atoms in total. The average molecular weight is 456 g/mol.